The predicted molar refractivity (Wildman–Crippen MR) is 91.4 cm³/mol. The highest BCUT2D eigenvalue weighted by Gasteiger charge is 2.68. The lowest BCUT2D eigenvalue weighted by atomic mass is 9.51. The van der Waals surface area contributed by atoms with Crippen molar-refractivity contribution in [3.05, 3.63) is 23.8 Å². The predicted octanol–water partition coefficient (Wildman–Crippen LogP) is 2.85. The Bertz CT molecular complexity index is 575. The maximum atomic E-state index is 12.0. The maximum absolute atomic E-state index is 12.0. The first kappa shape index (κ1) is 17.6. The molecule has 3 fully saturated rings. The summed E-state index contributed by atoms with van der Waals surface area (Å²) in [6, 6.07) is 0. The fourth-order valence-corrected chi connectivity index (χ4v) is 5.38. The van der Waals surface area contributed by atoms with E-state index >= 15 is 0 Å². The van der Waals surface area contributed by atoms with Crippen molar-refractivity contribution in [2.45, 2.75) is 58.2 Å². The molecule has 0 radical (unpaired) electrons. The summed E-state index contributed by atoms with van der Waals surface area (Å²) in [5.74, 6) is -0.226. The zero-order valence-electron chi connectivity index (χ0n) is 14.8. The van der Waals surface area contributed by atoms with E-state index in [1.54, 1.807) is 32.1 Å². The van der Waals surface area contributed by atoms with E-state index in [2.05, 4.69) is 6.92 Å². The third-order valence-electron chi connectivity index (χ3n) is 6.79. The van der Waals surface area contributed by atoms with Crippen molar-refractivity contribution in [3.63, 3.8) is 0 Å². The molecule has 2 bridgehead atoms. The zero-order chi connectivity index (χ0) is 17.6. The highest BCUT2D eigenvalue weighted by molar-refractivity contribution is 5.76. The number of carbonyl (C=O) groups excluding carboxylic acids is 2. The Morgan fingerprint density at radius 2 is 2.00 bits per heavy atom. The molecule has 0 aromatic carbocycles. The van der Waals surface area contributed by atoms with Crippen molar-refractivity contribution in [1.29, 1.82) is 0 Å². The molecule has 3 rings (SSSR count). The highest BCUT2D eigenvalue weighted by atomic mass is 16.5. The van der Waals surface area contributed by atoms with Crippen LogP contribution in [0.5, 0.6) is 0 Å². The first-order chi connectivity index (χ1) is 11.3. The lowest BCUT2D eigenvalue weighted by molar-refractivity contribution is -0.124. The summed E-state index contributed by atoms with van der Waals surface area (Å²) in [5.41, 5.74) is -0.327. The van der Waals surface area contributed by atoms with E-state index in [-0.39, 0.29) is 28.8 Å². The van der Waals surface area contributed by atoms with Crippen LogP contribution in [0, 0.1) is 22.7 Å². The average molecular weight is 332 g/mol. The van der Waals surface area contributed by atoms with Gasteiger partial charge in [0.1, 0.15) is 12.6 Å². The number of allylic oxidation sites excluding steroid dienone is 3. The molecule has 132 valence electrons. The van der Waals surface area contributed by atoms with Crippen LogP contribution in [0.3, 0.4) is 0 Å². The molecule has 4 heteroatoms. The molecule has 24 heavy (non-hydrogen) atoms. The van der Waals surface area contributed by atoms with Crippen LogP contribution in [0.2, 0.25) is 0 Å². The quantitative estimate of drug-likeness (QED) is 0.478. The van der Waals surface area contributed by atoms with Gasteiger partial charge in [-0.2, -0.15) is 0 Å². The summed E-state index contributed by atoms with van der Waals surface area (Å²) in [7, 11) is 0. The van der Waals surface area contributed by atoms with E-state index in [1.807, 2.05) is 0 Å². The molecular weight excluding hydrogens is 304 g/mol. The smallest absolute Gasteiger partial charge is 0.146 e. The molecule has 1 saturated heterocycles. The summed E-state index contributed by atoms with van der Waals surface area (Å²) in [5, 5.41) is 9.78. The number of ether oxygens (including phenoxy) is 1. The number of aliphatic hydroxyl groups is 1. The fourth-order valence-electron chi connectivity index (χ4n) is 5.38. The Balaban J connectivity index is 1.91. The normalized spacial score (nSPS) is 42.3. The van der Waals surface area contributed by atoms with Gasteiger partial charge in [-0.25, -0.2) is 0 Å². The summed E-state index contributed by atoms with van der Waals surface area (Å²) >= 11 is 0. The van der Waals surface area contributed by atoms with Crippen LogP contribution in [0.15, 0.2) is 23.8 Å². The Hall–Kier alpha value is -1.26. The van der Waals surface area contributed by atoms with Gasteiger partial charge in [-0.15, -0.1) is 0 Å². The minimum Gasteiger partial charge on any atom is -0.386 e. The zero-order valence-corrected chi connectivity index (χ0v) is 14.8. The van der Waals surface area contributed by atoms with Gasteiger partial charge in [0, 0.05) is 16.7 Å². The van der Waals surface area contributed by atoms with Gasteiger partial charge >= 0.3 is 0 Å². The molecule has 2 saturated carbocycles. The maximum Gasteiger partial charge on any atom is 0.146 e. The van der Waals surface area contributed by atoms with Crippen LogP contribution in [0.4, 0.5) is 0 Å². The summed E-state index contributed by atoms with van der Waals surface area (Å²) in [6.07, 6.45) is 11.2. The topological polar surface area (TPSA) is 63.6 Å². The molecule has 1 heterocycles. The Morgan fingerprint density at radius 1 is 1.25 bits per heavy atom. The Kier molecular flexibility index (Phi) is 4.33. The Labute approximate surface area is 144 Å². The minimum absolute atomic E-state index is 0.0556. The lowest BCUT2D eigenvalue weighted by Crippen LogP contribution is -2.50. The largest absolute Gasteiger partial charge is 0.386 e. The number of carbonyl (C=O) groups is 2. The van der Waals surface area contributed by atoms with Gasteiger partial charge in [0.05, 0.1) is 18.3 Å². The van der Waals surface area contributed by atoms with Gasteiger partial charge in [0.15, 0.2) is 0 Å². The van der Waals surface area contributed by atoms with Crippen molar-refractivity contribution in [1.82, 2.24) is 0 Å². The second-order valence-electron chi connectivity index (χ2n) is 8.52. The third kappa shape index (κ3) is 2.51. The van der Waals surface area contributed by atoms with E-state index in [1.165, 1.54) is 0 Å². The van der Waals surface area contributed by atoms with Crippen molar-refractivity contribution in [2.24, 2.45) is 22.7 Å². The Morgan fingerprint density at radius 3 is 2.54 bits per heavy atom. The molecule has 2 aliphatic carbocycles. The first-order valence-electron chi connectivity index (χ1n) is 8.91. The molecule has 3 aliphatic rings. The van der Waals surface area contributed by atoms with E-state index in [9.17, 15) is 14.7 Å². The monoisotopic (exact) mass is 332 g/mol. The molecule has 5 unspecified atom stereocenters. The number of aldehydes is 2. The van der Waals surface area contributed by atoms with E-state index < -0.39 is 5.60 Å². The summed E-state index contributed by atoms with van der Waals surface area (Å²) in [6.45, 7) is 6.28. The molecule has 4 nitrogen and oxygen atoms in total. The van der Waals surface area contributed by atoms with E-state index in [0.717, 1.165) is 38.3 Å². The van der Waals surface area contributed by atoms with Crippen LogP contribution in [-0.4, -0.2) is 36.0 Å². The highest BCUT2D eigenvalue weighted by Crippen LogP contribution is 2.69. The molecule has 1 N–H and O–H groups in total. The number of hydrogen-bond acceptors (Lipinski definition) is 4. The molecule has 0 aromatic rings. The van der Waals surface area contributed by atoms with Crippen LogP contribution < -0.4 is 0 Å². The first-order valence-corrected chi connectivity index (χ1v) is 8.91. The molecule has 0 spiro atoms. The molecular formula is C20H28O4. The number of hydrogen-bond donors (Lipinski definition) is 1. The average Bonchev–Trinajstić information content (AvgIpc) is 2.98. The minimum atomic E-state index is -0.920. The third-order valence-corrected chi connectivity index (χ3v) is 6.79. The van der Waals surface area contributed by atoms with Crippen molar-refractivity contribution < 1.29 is 19.4 Å². The van der Waals surface area contributed by atoms with Gasteiger partial charge in [-0.05, 0) is 51.0 Å². The SMILES string of the molecule is CC(C)(O)C=CC=C(C=O)C1CCC2(C)C3CCC2(CO3)C1C=O. The van der Waals surface area contributed by atoms with Crippen molar-refractivity contribution in [2.75, 3.05) is 6.61 Å². The van der Waals surface area contributed by atoms with Crippen LogP contribution >= 0.6 is 0 Å². The lowest BCUT2D eigenvalue weighted by Gasteiger charge is -2.50. The standard InChI is InChI=1S/C20H28O4/c1-18(2,23)8-4-5-14(11-21)15-6-9-19(3)17-7-10-20(19,13-24-17)16(15)12-22/h4-5,8,11-12,15-17,23H,6-7,9-10,13H2,1-3H3. The van der Waals surface area contributed by atoms with Gasteiger partial charge in [-0.1, -0.05) is 25.2 Å². The molecule has 5 atom stereocenters. The van der Waals surface area contributed by atoms with Crippen LogP contribution in [0.25, 0.3) is 0 Å². The molecule has 0 aromatic heterocycles. The van der Waals surface area contributed by atoms with Gasteiger partial charge < -0.3 is 14.6 Å². The number of rotatable bonds is 5. The van der Waals surface area contributed by atoms with E-state index in [4.69, 9.17) is 4.74 Å². The molecule has 1 aliphatic heterocycles. The second-order valence-corrected chi connectivity index (χ2v) is 8.52. The van der Waals surface area contributed by atoms with Crippen molar-refractivity contribution in [3.8, 4) is 0 Å². The van der Waals surface area contributed by atoms with Gasteiger partial charge in [0.25, 0.3) is 0 Å². The summed E-state index contributed by atoms with van der Waals surface area (Å²) in [4.78, 5) is 23.7. The van der Waals surface area contributed by atoms with Crippen LogP contribution in [0.1, 0.15) is 46.5 Å². The van der Waals surface area contributed by atoms with Gasteiger partial charge in [-0.3, -0.25) is 4.79 Å². The van der Waals surface area contributed by atoms with E-state index in [0.29, 0.717) is 12.2 Å². The fraction of sp³-hybridized carbons (Fsp3) is 0.700. The second kappa shape index (κ2) is 5.92. The molecule has 0 amide bonds. The van der Waals surface area contributed by atoms with Gasteiger partial charge in [0.2, 0.25) is 0 Å². The van der Waals surface area contributed by atoms with Crippen LogP contribution in [-0.2, 0) is 14.3 Å². The van der Waals surface area contributed by atoms with Crippen molar-refractivity contribution >= 4 is 12.6 Å². The summed E-state index contributed by atoms with van der Waals surface area (Å²) < 4.78 is 6.00.